The zero-order valence-corrected chi connectivity index (χ0v) is 18.1. The number of rotatable bonds is 7. The lowest BCUT2D eigenvalue weighted by molar-refractivity contribution is 0.218. The van der Waals surface area contributed by atoms with Crippen molar-refractivity contribution in [2.45, 2.75) is 12.6 Å². The number of hydrogen-bond acceptors (Lipinski definition) is 6. The number of pyridine rings is 1. The van der Waals surface area contributed by atoms with Gasteiger partial charge in [-0.2, -0.15) is 0 Å². The van der Waals surface area contributed by atoms with E-state index in [4.69, 9.17) is 9.47 Å². The Bertz CT molecular complexity index is 988. The zero-order valence-electron chi connectivity index (χ0n) is 18.1. The highest BCUT2D eigenvalue weighted by molar-refractivity contribution is 5.56. The van der Waals surface area contributed by atoms with Crippen molar-refractivity contribution in [2.24, 2.45) is 0 Å². The van der Waals surface area contributed by atoms with E-state index in [-0.39, 0.29) is 0 Å². The summed E-state index contributed by atoms with van der Waals surface area (Å²) in [6, 6.07) is 18.0. The van der Waals surface area contributed by atoms with Gasteiger partial charge in [0, 0.05) is 61.9 Å². The Kier molecular flexibility index (Phi) is 6.70. The molecule has 0 spiro atoms. The van der Waals surface area contributed by atoms with E-state index >= 15 is 0 Å². The van der Waals surface area contributed by atoms with E-state index in [0.29, 0.717) is 0 Å². The highest BCUT2D eigenvalue weighted by Gasteiger charge is 2.22. The molecule has 4 rings (SSSR count). The molecule has 6 heteroatoms. The van der Waals surface area contributed by atoms with E-state index in [1.807, 2.05) is 42.5 Å². The van der Waals surface area contributed by atoms with E-state index in [1.165, 1.54) is 5.56 Å². The van der Waals surface area contributed by atoms with Gasteiger partial charge in [-0.25, -0.2) is 0 Å². The molecule has 31 heavy (non-hydrogen) atoms. The first kappa shape index (κ1) is 21.2. The maximum atomic E-state index is 10.9. The standard InChI is InChI=1S/C25H29N3O3/c1-30-23-10-9-19(16-24(23)31-2)18-27-12-14-28(15-13-27)22-8-4-3-7-21(22)25(29)20-6-5-11-26-17-20/h3-11,16-17,25,29H,12-15,18H2,1-2H3. The topological polar surface area (TPSA) is 58.1 Å². The van der Waals surface area contributed by atoms with Gasteiger partial charge in [0.25, 0.3) is 0 Å². The Hall–Kier alpha value is -3.09. The number of benzene rings is 2. The highest BCUT2D eigenvalue weighted by atomic mass is 16.5. The summed E-state index contributed by atoms with van der Waals surface area (Å²) in [5.41, 5.74) is 4.02. The molecule has 1 N–H and O–H groups in total. The molecule has 1 saturated heterocycles. The van der Waals surface area contributed by atoms with Crippen LogP contribution in [-0.4, -0.2) is 55.4 Å². The quantitative estimate of drug-likeness (QED) is 0.633. The van der Waals surface area contributed by atoms with Crippen molar-refractivity contribution in [3.63, 3.8) is 0 Å². The van der Waals surface area contributed by atoms with Gasteiger partial charge in [0.15, 0.2) is 11.5 Å². The summed E-state index contributed by atoms with van der Waals surface area (Å²) in [5.74, 6) is 1.51. The van der Waals surface area contributed by atoms with Crippen LogP contribution >= 0.6 is 0 Å². The van der Waals surface area contributed by atoms with Crippen molar-refractivity contribution >= 4 is 5.69 Å². The van der Waals surface area contributed by atoms with E-state index in [9.17, 15) is 5.11 Å². The lowest BCUT2D eigenvalue weighted by Gasteiger charge is -2.37. The minimum Gasteiger partial charge on any atom is -0.493 e. The van der Waals surface area contributed by atoms with Crippen LogP contribution in [0.3, 0.4) is 0 Å². The molecule has 1 aliphatic rings. The number of nitrogens with zero attached hydrogens (tertiary/aromatic N) is 3. The van der Waals surface area contributed by atoms with Crippen LogP contribution in [0.5, 0.6) is 11.5 Å². The monoisotopic (exact) mass is 419 g/mol. The summed E-state index contributed by atoms with van der Waals surface area (Å²) < 4.78 is 10.8. The molecule has 6 nitrogen and oxygen atoms in total. The van der Waals surface area contributed by atoms with Crippen LogP contribution in [0.25, 0.3) is 0 Å². The molecule has 1 unspecified atom stereocenters. The third kappa shape index (κ3) is 4.81. The van der Waals surface area contributed by atoms with Gasteiger partial charge >= 0.3 is 0 Å². The van der Waals surface area contributed by atoms with Crippen LogP contribution in [0.2, 0.25) is 0 Å². The second-order valence-corrected chi connectivity index (χ2v) is 7.70. The van der Waals surface area contributed by atoms with Crippen LogP contribution in [0.15, 0.2) is 67.0 Å². The molecule has 2 aromatic carbocycles. The largest absolute Gasteiger partial charge is 0.493 e. The van der Waals surface area contributed by atoms with Gasteiger partial charge in [0.2, 0.25) is 0 Å². The lowest BCUT2D eigenvalue weighted by Crippen LogP contribution is -2.46. The minimum atomic E-state index is -0.685. The first-order valence-electron chi connectivity index (χ1n) is 10.5. The summed E-state index contributed by atoms with van der Waals surface area (Å²) in [6.45, 7) is 4.58. The average molecular weight is 420 g/mol. The van der Waals surface area contributed by atoms with E-state index in [1.54, 1.807) is 26.6 Å². The van der Waals surface area contributed by atoms with E-state index in [2.05, 4.69) is 26.9 Å². The molecule has 1 aliphatic heterocycles. The number of piperazine rings is 1. The van der Waals surface area contributed by atoms with Crippen molar-refractivity contribution in [1.82, 2.24) is 9.88 Å². The summed E-state index contributed by atoms with van der Waals surface area (Å²) in [6.07, 6.45) is 2.76. The van der Waals surface area contributed by atoms with Gasteiger partial charge in [-0.05, 0) is 29.8 Å². The molecule has 0 aliphatic carbocycles. The second kappa shape index (κ2) is 9.81. The number of para-hydroxylation sites is 1. The summed E-state index contributed by atoms with van der Waals surface area (Å²) in [4.78, 5) is 8.95. The smallest absolute Gasteiger partial charge is 0.161 e. The second-order valence-electron chi connectivity index (χ2n) is 7.70. The normalized spacial score (nSPS) is 15.5. The maximum Gasteiger partial charge on any atom is 0.161 e. The fraction of sp³-hybridized carbons (Fsp3) is 0.320. The van der Waals surface area contributed by atoms with Gasteiger partial charge in [-0.15, -0.1) is 0 Å². The number of ether oxygens (including phenoxy) is 2. The van der Waals surface area contributed by atoms with Crippen molar-refractivity contribution < 1.29 is 14.6 Å². The number of methoxy groups -OCH3 is 2. The predicted molar refractivity (Wildman–Crippen MR) is 122 cm³/mol. The Balaban J connectivity index is 1.43. The molecule has 1 atom stereocenters. The van der Waals surface area contributed by atoms with Crippen molar-refractivity contribution in [3.05, 3.63) is 83.7 Å². The first-order chi connectivity index (χ1) is 15.2. The fourth-order valence-corrected chi connectivity index (χ4v) is 4.11. The summed E-state index contributed by atoms with van der Waals surface area (Å²) in [7, 11) is 3.32. The molecule has 2 heterocycles. The number of aliphatic hydroxyl groups is 1. The Morgan fingerprint density at radius 2 is 1.71 bits per heavy atom. The fourth-order valence-electron chi connectivity index (χ4n) is 4.11. The van der Waals surface area contributed by atoms with E-state index in [0.717, 1.165) is 61.0 Å². The number of hydrogen-bond donors (Lipinski definition) is 1. The summed E-state index contributed by atoms with van der Waals surface area (Å²) >= 11 is 0. The zero-order chi connectivity index (χ0) is 21.6. The van der Waals surface area contributed by atoms with Crippen LogP contribution in [0.1, 0.15) is 22.8 Å². The molecule has 162 valence electrons. The lowest BCUT2D eigenvalue weighted by atomic mass is 10.00. The highest BCUT2D eigenvalue weighted by Crippen LogP contribution is 2.32. The predicted octanol–water partition coefficient (Wildman–Crippen LogP) is 3.50. The van der Waals surface area contributed by atoms with Gasteiger partial charge in [0.05, 0.1) is 14.2 Å². The van der Waals surface area contributed by atoms with Crippen molar-refractivity contribution in [3.8, 4) is 11.5 Å². The van der Waals surface area contributed by atoms with Crippen LogP contribution < -0.4 is 14.4 Å². The van der Waals surface area contributed by atoms with Crippen LogP contribution in [0.4, 0.5) is 5.69 Å². The van der Waals surface area contributed by atoms with Gasteiger partial charge in [-0.3, -0.25) is 9.88 Å². The number of aliphatic hydroxyl groups excluding tert-OH is 1. The number of aromatic nitrogens is 1. The van der Waals surface area contributed by atoms with Gasteiger partial charge in [0.1, 0.15) is 6.10 Å². The Morgan fingerprint density at radius 3 is 2.42 bits per heavy atom. The third-order valence-electron chi connectivity index (χ3n) is 5.80. The first-order valence-corrected chi connectivity index (χ1v) is 10.5. The minimum absolute atomic E-state index is 0.685. The van der Waals surface area contributed by atoms with Gasteiger partial charge in [-0.1, -0.05) is 30.3 Å². The van der Waals surface area contributed by atoms with Gasteiger partial charge < -0.3 is 19.5 Å². The molecule has 0 bridgehead atoms. The molecular weight excluding hydrogens is 390 g/mol. The van der Waals surface area contributed by atoms with Crippen molar-refractivity contribution in [1.29, 1.82) is 0 Å². The van der Waals surface area contributed by atoms with Crippen molar-refractivity contribution in [2.75, 3.05) is 45.3 Å². The molecule has 0 radical (unpaired) electrons. The third-order valence-corrected chi connectivity index (χ3v) is 5.80. The van der Waals surface area contributed by atoms with E-state index < -0.39 is 6.10 Å². The molecule has 3 aromatic rings. The summed E-state index contributed by atoms with van der Waals surface area (Å²) in [5, 5.41) is 10.9. The SMILES string of the molecule is COc1ccc(CN2CCN(c3ccccc3C(O)c3cccnc3)CC2)cc1OC. The molecule has 0 amide bonds. The average Bonchev–Trinajstić information content (AvgIpc) is 2.84. The van der Waals surface area contributed by atoms with Crippen LogP contribution in [-0.2, 0) is 6.54 Å². The molecule has 0 saturated carbocycles. The Labute approximate surface area is 183 Å². The Morgan fingerprint density at radius 1 is 0.935 bits per heavy atom. The molecular formula is C25H29N3O3. The molecule has 1 aromatic heterocycles. The maximum absolute atomic E-state index is 10.9. The number of anilines is 1. The molecule has 1 fully saturated rings. The van der Waals surface area contributed by atoms with Crippen LogP contribution in [0, 0.1) is 0 Å².